The van der Waals surface area contributed by atoms with Crippen LogP contribution >= 0.6 is 0 Å². The molecular weight excluding hydrogens is 279 g/mol. The molecule has 0 aliphatic carbocycles. The molecule has 0 unspecified atom stereocenters. The Morgan fingerprint density at radius 2 is 1.81 bits per heavy atom. The standard InChI is InChI=1S/C16H14F3NO/c17-16(18,19)13-7-12-5-6-21-15(12)14(8-13)11-3-1-10(9-20)2-4-11/h1-4,7-8H,5-6,9,20H2. The number of nitrogens with two attached hydrogens (primary N) is 1. The molecule has 0 spiro atoms. The molecule has 1 aliphatic heterocycles. The Hall–Kier alpha value is -2.01. The SMILES string of the molecule is NCc1ccc(-c2cc(C(F)(F)F)cc3c2OCC3)cc1. The normalized spacial score (nSPS) is 13.9. The first-order valence-electron chi connectivity index (χ1n) is 6.65. The van der Waals surface area contributed by atoms with Crippen molar-refractivity contribution in [3.8, 4) is 16.9 Å². The Balaban J connectivity index is 2.14. The van der Waals surface area contributed by atoms with Gasteiger partial charge >= 0.3 is 6.18 Å². The molecule has 0 amide bonds. The van der Waals surface area contributed by atoms with Crippen molar-refractivity contribution >= 4 is 0 Å². The Labute approximate surface area is 120 Å². The number of alkyl halides is 3. The minimum Gasteiger partial charge on any atom is -0.492 e. The van der Waals surface area contributed by atoms with E-state index in [-0.39, 0.29) is 0 Å². The number of ether oxygens (including phenoxy) is 1. The maximum absolute atomic E-state index is 13.0. The minimum absolute atomic E-state index is 0.400. The molecule has 2 aromatic carbocycles. The van der Waals surface area contributed by atoms with Crippen molar-refractivity contribution in [3.63, 3.8) is 0 Å². The van der Waals surface area contributed by atoms with Gasteiger partial charge in [0.2, 0.25) is 0 Å². The zero-order valence-corrected chi connectivity index (χ0v) is 11.2. The summed E-state index contributed by atoms with van der Waals surface area (Å²) < 4.78 is 44.6. The van der Waals surface area contributed by atoms with Crippen LogP contribution in [0.4, 0.5) is 13.2 Å². The van der Waals surface area contributed by atoms with Gasteiger partial charge < -0.3 is 10.5 Å². The molecule has 2 N–H and O–H groups in total. The highest BCUT2D eigenvalue weighted by atomic mass is 19.4. The second-order valence-electron chi connectivity index (χ2n) is 5.01. The molecule has 0 bridgehead atoms. The van der Waals surface area contributed by atoms with Gasteiger partial charge in [0.25, 0.3) is 0 Å². The topological polar surface area (TPSA) is 35.2 Å². The van der Waals surface area contributed by atoms with Gasteiger partial charge in [0.15, 0.2) is 0 Å². The van der Waals surface area contributed by atoms with Crippen molar-refractivity contribution < 1.29 is 17.9 Å². The summed E-state index contributed by atoms with van der Waals surface area (Å²) in [7, 11) is 0. The molecule has 0 radical (unpaired) electrons. The largest absolute Gasteiger partial charge is 0.492 e. The first kappa shape index (κ1) is 13.9. The molecule has 0 atom stereocenters. The van der Waals surface area contributed by atoms with Gasteiger partial charge in [0.1, 0.15) is 5.75 Å². The zero-order chi connectivity index (χ0) is 15.0. The Bertz CT molecular complexity index is 662. The van der Waals surface area contributed by atoms with Gasteiger partial charge in [-0.15, -0.1) is 0 Å². The highest BCUT2D eigenvalue weighted by Gasteiger charge is 2.33. The third-order valence-electron chi connectivity index (χ3n) is 3.61. The van der Waals surface area contributed by atoms with Crippen LogP contribution in [0, 0.1) is 0 Å². The first-order valence-corrected chi connectivity index (χ1v) is 6.65. The summed E-state index contributed by atoms with van der Waals surface area (Å²) >= 11 is 0. The second-order valence-corrected chi connectivity index (χ2v) is 5.01. The molecule has 0 saturated heterocycles. The highest BCUT2D eigenvalue weighted by Crippen LogP contribution is 2.42. The third kappa shape index (κ3) is 2.61. The molecule has 0 saturated carbocycles. The summed E-state index contributed by atoms with van der Waals surface area (Å²) in [6.45, 7) is 0.821. The lowest BCUT2D eigenvalue weighted by atomic mass is 9.97. The van der Waals surface area contributed by atoms with Gasteiger partial charge in [-0.2, -0.15) is 13.2 Å². The predicted octanol–water partition coefficient (Wildman–Crippen LogP) is 3.77. The van der Waals surface area contributed by atoms with Crippen molar-refractivity contribution in [1.29, 1.82) is 0 Å². The average Bonchev–Trinajstić information content (AvgIpc) is 2.94. The van der Waals surface area contributed by atoms with E-state index in [0.717, 1.165) is 11.6 Å². The molecule has 2 nitrogen and oxygen atoms in total. The minimum atomic E-state index is -4.36. The monoisotopic (exact) mass is 293 g/mol. The van der Waals surface area contributed by atoms with Gasteiger partial charge in [-0.25, -0.2) is 0 Å². The van der Waals surface area contributed by atoms with Crippen LogP contribution in [0.25, 0.3) is 11.1 Å². The van der Waals surface area contributed by atoms with Crippen molar-refractivity contribution in [1.82, 2.24) is 0 Å². The summed E-state index contributed by atoms with van der Waals surface area (Å²) in [5, 5.41) is 0. The van der Waals surface area contributed by atoms with Gasteiger partial charge in [-0.3, -0.25) is 0 Å². The van der Waals surface area contributed by atoms with Gasteiger partial charge in [0.05, 0.1) is 12.2 Å². The summed E-state index contributed by atoms with van der Waals surface area (Å²) in [5.41, 5.74) is 7.64. The molecular formula is C16H14F3NO. The molecule has 3 rings (SSSR count). The lowest BCUT2D eigenvalue weighted by molar-refractivity contribution is -0.137. The van der Waals surface area contributed by atoms with E-state index in [2.05, 4.69) is 0 Å². The Morgan fingerprint density at radius 3 is 2.43 bits per heavy atom. The Kier molecular flexibility index (Phi) is 3.37. The number of halogens is 3. The molecule has 5 heteroatoms. The van der Waals surface area contributed by atoms with Crippen molar-refractivity contribution in [2.45, 2.75) is 19.1 Å². The van der Waals surface area contributed by atoms with Crippen LogP contribution in [0.15, 0.2) is 36.4 Å². The number of hydrogen-bond donors (Lipinski definition) is 1. The van der Waals surface area contributed by atoms with E-state index >= 15 is 0 Å². The van der Waals surface area contributed by atoms with Crippen molar-refractivity contribution in [2.75, 3.05) is 6.61 Å². The summed E-state index contributed by atoms with van der Waals surface area (Å²) in [5.74, 6) is 0.559. The fourth-order valence-corrected chi connectivity index (χ4v) is 2.51. The smallest absolute Gasteiger partial charge is 0.416 e. The molecule has 110 valence electrons. The van der Waals surface area contributed by atoms with Crippen LogP contribution in [-0.4, -0.2) is 6.61 Å². The first-order chi connectivity index (χ1) is 9.99. The molecule has 1 heterocycles. The summed E-state index contributed by atoms with van der Waals surface area (Å²) in [6, 6.07) is 9.52. The fraction of sp³-hybridized carbons (Fsp3) is 0.250. The van der Waals surface area contributed by atoms with Crippen LogP contribution in [0.3, 0.4) is 0 Å². The number of rotatable bonds is 2. The zero-order valence-electron chi connectivity index (χ0n) is 11.2. The maximum Gasteiger partial charge on any atom is 0.416 e. The highest BCUT2D eigenvalue weighted by molar-refractivity contribution is 5.74. The van der Waals surface area contributed by atoms with E-state index in [1.807, 2.05) is 12.1 Å². The van der Waals surface area contributed by atoms with E-state index in [9.17, 15) is 13.2 Å². The average molecular weight is 293 g/mol. The molecule has 2 aromatic rings. The lowest BCUT2D eigenvalue weighted by Gasteiger charge is -2.13. The fourth-order valence-electron chi connectivity index (χ4n) is 2.51. The molecule has 0 fully saturated rings. The number of fused-ring (bicyclic) bond motifs is 1. The number of hydrogen-bond acceptors (Lipinski definition) is 2. The van der Waals surface area contributed by atoms with E-state index in [0.29, 0.717) is 42.0 Å². The predicted molar refractivity (Wildman–Crippen MR) is 74.0 cm³/mol. The van der Waals surface area contributed by atoms with Crippen LogP contribution < -0.4 is 10.5 Å². The van der Waals surface area contributed by atoms with Crippen LogP contribution in [0.2, 0.25) is 0 Å². The van der Waals surface area contributed by atoms with E-state index in [4.69, 9.17) is 10.5 Å². The molecule has 1 aliphatic rings. The van der Waals surface area contributed by atoms with Crippen molar-refractivity contribution in [2.24, 2.45) is 5.73 Å². The van der Waals surface area contributed by atoms with Gasteiger partial charge in [0, 0.05) is 18.5 Å². The Morgan fingerprint density at radius 1 is 1.10 bits per heavy atom. The van der Waals surface area contributed by atoms with E-state index in [1.165, 1.54) is 6.07 Å². The summed E-state index contributed by atoms with van der Waals surface area (Å²) in [6.07, 6.45) is -3.85. The second kappa shape index (κ2) is 5.07. The van der Waals surface area contributed by atoms with E-state index < -0.39 is 11.7 Å². The molecule has 0 aromatic heterocycles. The maximum atomic E-state index is 13.0. The van der Waals surface area contributed by atoms with Crippen molar-refractivity contribution in [3.05, 3.63) is 53.1 Å². The third-order valence-corrected chi connectivity index (χ3v) is 3.61. The number of benzene rings is 2. The van der Waals surface area contributed by atoms with Gasteiger partial charge in [-0.05, 0) is 28.8 Å². The summed E-state index contributed by atoms with van der Waals surface area (Å²) in [4.78, 5) is 0. The van der Waals surface area contributed by atoms with E-state index in [1.54, 1.807) is 12.1 Å². The van der Waals surface area contributed by atoms with Crippen LogP contribution in [-0.2, 0) is 19.1 Å². The lowest BCUT2D eigenvalue weighted by Crippen LogP contribution is -2.06. The van der Waals surface area contributed by atoms with Crippen LogP contribution in [0.5, 0.6) is 5.75 Å². The van der Waals surface area contributed by atoms with Crippen LogP contribution in [0.1, 0.15) is 16.7 Å². The van der Waals surface area contributed by atoms with Gasteiger partial charge in [-0.1, -0.05) is 24.3 Å². The quantitative estimate of drug-likeness (QED) is 0.915. The molecule has 21 heavy (non-hydrogen) atoms.